The number of hydrogen-bond donors (Lipinski definition) is 1. The second-order valence-electron chi connectivity index (χ2n) is 5.36. The Morgan fingerprint density at radius 3 is 2.59 bits per heavy atom. The highest BCUT2D eigenvalue weighted by atomic mass is 35.5. The molecule has 112 valence electrons. The minimum absolute atomic E-state index is 0.103. The monoisotopic (exact) mass is 313 g/mol. The van der Waals surface area contributed by atoms with Crippen molar-refractivity contribution in [3.05, 3.63) is 69.9 Å². The summed E-state index contributed by atoms with van der Waals surface area (Å²) in [5, 5.41) is 10.9. The normalized spacial score (nSPS) is 11.1. The van der Waals surface area contributed by atoms with E-state index >= 15 is 0 Å². The second kappa shape index (κ2) is 5.59. The summed E-state index contributed by atoms with van der Waals surface area (Å²) in [6.07, 6.45) is 0. The largest absolute Gasteiger partial charge is 0.392 e. The Kier molecular flexibility index (Phi) is 3.77. The second-order valence-corrected chi connectivity index (χ2v) is 5.77. The fourth-order valence-corrected chi connectivity index (χ4v) is 3.13. The number of carbonyl (C=O) groups excluding carboxylic acids is 1. The molecule has 0 unspecified atom stereocenters. The highest BCUT2D eigenvalue weighted by Gasteiger charge is 2.20. The third-order valence-corrected chi connectivity index (χ3v) is 4.27. The van der Waals surface area contributed by atoms with Crippen LogP contribution in [0.15, 0.2) is 42.5 Å². The molecule has 0 saturated carbocycles. The number of halogens is 1. The van der Waals surface area contributed by atoms with Gasteiger partial charge >= 0.3 is 0 Å². The molecular weight excluding hydrogens is 298 g/mol. The smallest absolute Gasteiger partial charge is 0.264 e. The molecule has 3 rings (SSSR count). The first-order valence-corrected chi connectivity index (χ1v) is 7.43. The van der Waals surface area contributed by atoms with Crippen molar-refractivity contribution in [1.82, 2.24) is 4.57 Å². The molecule has 0 aliphatic heterocycles. The van der Waals surface area contributed by atoms with Gasteiger partial charge in [-0.15, -0.1) is 0 Å². The van der Waals surface area contributed by atoms with Gasteiger partial charge in [-0.3, -0.25) is 9.36 Å². The Morgan fingerprint density at radius 1 is 1.18 bits per heavy atom. The van der Waals surface area contributed by atoms with E-state index in [9.17, 15) is 9.90 Å². The van der Waals surface area contributed by atoms with Crippen LogP contribution in [0.4, 0.5) is 0 Å². The minimum atomic E-state index is -0.182. The lowest BCUT2D eigenvalue weighted by molar-refractivity contribution is 0.0963. The quantitative estimate of drug-likeness (QED) is 0.774. The average molecular weight is 314 g/mol. The zero-order chi connectivity index (χ0) is 15.9. The number of aryl methyl sites for hydroxylation is 1. The van der Waals surface area contributed by atoms with Crippen LogP contribution in [-0.2, 0) is 6.61 Å². The fourth-order valence-electron chi connectivity index (χ4n) is 2.81. The molecule has 0 fully saturated rings. The highest BCUT2D eigenvalue weighted by molar-refractivity contribution is 6.34. The maximum atomic E-state index is 12.9. The Hall–Kier alpha value is -2.10. The van der Waals surface area contributed by atoms with Crippen LogP contribution in [0, 0.1) is 13.8 Å². The molecule has 0 radical (unpaired) electrons. The van der Waals surface area contributed by atoms with E-state index in [0.29, 0.717) is 10.6 Å². The highest BCUT2D eigenvalue weighted by Crippen LogP contribution is 2.28. The lowest BCUT2D eigenvalue weighted by atomic mass is 10.1. The van der Waals surface area contributed by atoms with Gasteiger partial charge in [-0.1, -0.05) is 35.9 Å². The van der Waals surface area contributed by atoms with Crippen LogP contribution in [-0.4, -0.2) is 15.6 Å². The van der Waals surface area contributed by atoms with Gasteiger partial charge in [-0.25, -0.2) is 0 Å². The first kappa shape index (κ1) is 14.8. The van der Waals surface area contributed by atoms with Crippen molar-refractivity contribution < 1.29 is 9.90 Å². The van der Waals surface area contributed by atoms with Gasteiger partial charge in [0, 0.05) is 16.6 Å². The minimum Gasteiger partial charge on any atom is -0.392 e. The molecule has 22 heavy (non-hydrogen) atoms. The third kappa shape index (κ3) is 2.23. The Morgan fingerprint density at radius 2 is 1.91 bits per heavy atom. The van der Waals surface area contributed by atoms with Crippen molar-refractivity contribution in [2.45, 2.75) is 20.5 Å². The van der Waals surface area contributed by atoms with E-state index in [2.05, 4.69) is 0 Å². The molecule has 0 bridgehead atoms. The molecule has 1 N–H and O–H groups in total. The zero-order valence-electron chi connectivity index (χ0n) is 12.4. The van der Waals surface area contributed by atoms with Crippen LogP contribution >= 0.6 is 11.6 Å². The van der Waals surface area contributed by atoms with Gasteiger partial charge < -0.3 is 5.11 Å². The summed E-state index contributed by atoms with van der Waals surface area (Å²) < 4.78 is 1.62. The molecule has 1 heterocycles. The SMILES string of the molecule is Cc1ccc(C(=O)n2c(C)c(CO)c3ccccc32)c(Cl)c1. The summed E-state index contributed by atoms with van der Waals surface area (Å²) in [6, 6.07) is 13.0. The summed E-state index contributed by atoms with van der Waals surface area (Å²) >= 11 is 6.23. The fraction of sp³-hybridized carbons (Fsp3) is 0.167. The molecular formula is C18H16ClNO2. The molecule has 4 heteroatoms. The topological polar surface area (TPSA) is 42.2 Å². The van der Waals surface area contributed by atoms with Gasteiger partial charge in [0.1, 0.15) is 0 Å². The Bertz CT molecular complexity index is 880. The van der Waals surface area contributed by atoms with Crippen molar-refractivity contribution in [1.29, 1.82) is 0 Å². The first-order valence-electron chi connectivity index (χ1n) is 7.05. The lowest BCUT2D eigenvalue weighted by Gasteiger charge is -2.09. The molecule has 0 atom stereocenters. The van der Waals surface area contributed by atoms with E-state index in [1.165, 1.54) is 0 Å². The van der Waals surface area contributed by atoms with Crippen LogP contribution in [0.25, 0.3) is 10.9 Å². The van der Waals surface area contributed by atoms with Crippen LogP contribution < -0.4 is 0 Å². The molecule has 3 aromatic rings. The van der Waals surface area contributed by atoms with E-state index in [0.717, 1.165) is 27.7 Å². The summed E-state index contributed by atoms with van der Waals surface area (Å²) in [4.78, 5) is 12.9. The predicted molar refractivity (Wildman–Crippen MR) is 88.5 cm³/mol. The van der Waals surface area contributed by atoms with Gasteiger partial charge in [0.05, 0.1) is 22.7 Å². The van der Waals surface area contributed by atoms with Gasteiger partial charge in [0.2, 0.25) is 0 Å². The van der Waals surface area contributed by atoms with Gasteiger partial charge in [-0.2, -0.15) is 0 Å². The number of aliphatic hydroxyl groups excluding tert-OH is 1. The van der Waals surface area contributed by atoms with Gasteiger partial charge in [-0.05, 0) is 37.6 Å². The summed E-state index contributed by atoms with van der Waals surface area (Å²) in [7, 11) is 0. The number of aromatic nitrogens is 1. The number of para-hydroxylation sites is 1. The maximum Gasteiger partial charge on any atom is 0.264 e. The molecule has 1 aromatic heterocycles. The van der Waals surface area contributed by atoms with Crippen molar-refractivity contribution in [2.24, 2.45) is 0 Å². The number of fused-ring (bicyclic) bond motifs is 1. The molecule has 0 saturated heterocycles. The van der Waals surface area contributed by atoms with Gasteiger partial charge in [0.15, 0.2) is 0 Å². The molecule has 0 spiro atoms. The molecule has 0 amide bonds. The van der Waals surface area contributed by atoms with E-state index in [4.69, 9.17) is 11.6 Å². The molecule has 0 aliphatic rings. The van der Waals surface area contributed by atoms with Crippen LogP contribution in [0.5, 0.6) is 0 Å². The van der Waals surface area contributed by atoms with Crippen molar-refractivity contribution in [3.63, 3.8) is 0 Å². The first-order chi connectivity index (χ1) is 10.5. The number of carbonyl (C=O) groups is 1. The summed E-state index contributed by atoms with van der Waals surface area (Å²) in [5.41, 5.74) is 3.76. The third-order valence-electron chi connectivity index (χ3n) is 3.96. The number of aliphatic hydroxyl groups is 1. The number of nitrogens with zero attached hydrogens (tertiary/aromatic N) is 1. The van der Waals surface area contributed by atoms with Crippen LogP contribution in [0.2, 0.25) is 5.02 Å². The lowest BCUT2D eigenvalue weighted by Crippen LogP contribution is -2.14. The maximum absolute atomic E-state index is 12.9. The van der Waals surface area contributed by atoms with E-state index in [1.54, 1.807) is 16.7 Å². The van der Waals surface area contributed by atoms with Crippen molar-refractivity contribution in [3.8, 4) is 0 Å². The Balaban J connectivity index is 2.26. The van der Waals surface area contributed by atoms with Gasteiger partial charge in [0.25, 0.3) is 5.91 Å². The molecule has 0 aliphatic carbocycles. The predicted octanol–water partition coefficient (Wildman–Crippen LogP) is 4.09. The van der Waals surface area contributed by atoms with Crippen LogP contribution in [0.1, 0.15) is 27.2 Å². The molecule has 2 aromatic carbocycles. The van der Waals surface area contributed by atoms with E-state index < -0.39 is 0 Å². The average Bonchev–Trinajstić information content (AvgIpc) is 2.78. The van der Waals surface area contributed by atoms with Crippen molar-refractivity contribution in [2.75, 3.05) is 0 Å². The van der Waals surface area contributed by atoms with Crippen LogP contribution in [0.3, 0.4) is 0 Å². The number of benzene rings is 2. The number of rotatable bonds is 2. The van der Waals surface area contributed by atoms with E-state index in [1.807, 2.05) is 44.2 Å². The Labute approximate surface area is 133 Å². The van der Waals surface area contributed by atoms with E-state index in [-0.39, 0.29) is 12.5 Å². The number of hydrogen-bond acceptors (Lipinski definition) is 2. The standard InChI is InChI=1S/C18H16ClNO2/c1-11-7-8-14(16(19)9-11)18(22)20-12(2)15(10-21)13-5-3-4-6-17(13)20/h3-9,21H,10H2,1-2H3. The molecule has 3 nitrogen and oxygen atoms in total. The van der Waals surface area contributed by atoms with Crippen molar-refractivity contribution >= 4 is 28.4 Å². The summed E-state index contributed by atoms with van der Waals surface area (Å²) in [5.74, 6) is -0.182. The zero-order valence-corrected chi connectivity index (χ0v) is 13.2. The summed E-state index contributed by atoms with van der Waals surface area (Å²) in [6.45, 7) is 3.67.